The SMILES string of the molecule is CCCCN(C1CC1)C(CC)C/C(N)=N/O. The van der Waals surface area contributed by atoms with Crippen molar-refractivity contribution in [1.82, 2.24) is 4.90 Å². The van der Waals surface area contributed by atoms with Crippen molar-refractivity contribution < 1.29 is 5.21 Å². The first-order chi connectivity index (χ1) is 7.72. The summed E-state index contributed by atoms with van der Waals surface area (Å²) in [7, 11) is 0. The highest BCUT2D eigenvalue weighted by atomic mass is 16.4. The predicted octanol–water partition coefficient (Wildman–Crippen LogP) is 2.17. The van der Waals surface area contributed by atoms with E-state index >= 15 is 0 Å². The molecule has 0 spiro atoms. The van der Waals surface area contributed by atoms with Gasteiger partial charge in [0.05, 0.1) is 0 Å². The lowest BCUT2D eigenvalue weighted by atomic mass is 10.1. The molecule has 0 amide bonds. The molecule has 3 N–H and O–H groups in total. The molecule has 4 heteroatoms. The fourth-order valence-electron chi connectivity index (χ4n) is 2.19. The standard InChI is InChI=1S/C12H25N3O/c1-3-5-8-15(11-6-7-11)10(4-2)9-12(13)14-16/h10-11,16H,3-9H2,1-2H3,(H2,13,14). The average molecular weight is 227 g/mol. The second kappa shape index (κ2) is 6.74. The van der Waals surface area contributed by atoms with Crippen LogP contribution in [0.2, 0.25) is 0 Å². The second-order valence-corrected chi connectivity index (χ2v) is 4.68. The van der Waals surface area contributed by atoms with E-state index in [1.807, 2.05) is 0 Å². The molecule has 1 aliphatic rings. The molecule has 0 heterocycles. The third kappa shape index (κ3) is 4.00. The van der Waals surface area contributed by atoms with Gasteiger partial charge in [-0.1, -0.05) is 25.4 Å². The highest BCUT2D eigenvalue weighted by Gasteiger charge is 2.32. The second-order valence-electron chi connectivity index (χ2n) is 4.68. The molecule has 0 radical (unpaired) electrons. The fourth-order valence-corrected chi connectivity index (χ4v) is 2.19. The van der Waals surface area contributed by atoms with Crippen LogP contribution in [0, 0.1) is 0 Å². The zero-order valence-corrected chi connectivity index (χ0v) is 10.5. The number of nitrogens with two attached hydrogens (primary N) is 1. The molecule has 1 unspecified atom stereocenters. The first-order valence-electron chi connectivity index (χ1n) is 6.45. The number of hydrogen-bond acceptors (Lipinski definition) is 3. The summed E-state index contributed by atoms with van der Waals surface area (Å²) in [4.78, 5) is 2.56. The van der Waals surface area contributed by atoms with Gasteiger partial charge in [-0.3, -0.25) is 4.90 Å². The lowest BCUT2D eigenvalue weighted by Gasteiger charge is -2.30. The Morgan fingerprint density at radius 2 is 2.19 bits per heavy atom. The Balaban J connectivity index is 2.50. The fraction of sp³-hybridized carbons (Fsp3) is 0.917. The van der Waals surface area contributed by atoms with Crippen LogP contribution in [-0.4, -0.2) is 34.6 Å². The normalized spacial score (nSPS) is 19.1. The molecule has 0 saturated heterocycles. The van der Waals surface area contributed by atoms with E-state index in [1.165, 1.54) is 25.7 Å². The predicted molar refractivity (Wildman–Crippen MR) is 66.7 cm³/mol. The summed E-state index contributed by atoms with van der Waals surface area (Å²) in [6, 6.07) is 1.19. The molecule has 0 bridgehead atoms. The number of amidine groups is 1. The van der Waals surface area contributed by atoms with E-state index in [0.717, 1.165) is 19.0 Å². The molecule has 4 nitrogen and oxygen atoms in total. The van der Waals surface area contributed by atoms with Crippen LogP contribution in [0.15, 0.2) is 5.16 Å². The van der Waals surface area contributed by atoms with Crippen molar-refractivity contribution in [2.24, 2.45) is 10.9 Å². The molecule has 1 saturated carbocycles. The number of hydrogen-bond donors (Lipinski definition) is 2. The summed E-state index contributed by atoms with van der Waals surface area (Å²) >= 11 is 0. The number of oxime groups is 1. The van der Waals surface area contributed by atoms with Gasteiger partial charge in [0.15, 0.2) is 0 Å². The van der Waals surface area contributed by atoms with E-state index in [-0.39, 0.29) is 0 Å². The molecule has 0 aromatic heterocycles. The molecule has 1 fully saturated rings. The molecule has 1 atom stereocenters. The minimum absolute atomic E-state index is 0.356. The van der Waals surface area contributed by atoms with Gasteiger partial charge in [-0.2, -0.15) is 0 Å². The molecule has 0 aromatic carbocycles. The summed E-state index contributed by atoms with van der Waals surface area (Å²) in [5.41, 5.74) is 5.61. The average Bonchev–Trinajstić information content (AvgIpc) is 3.11. The molecule has 94 valence electrons. The van der Waals surface area contributed by atoms with Crippen molar-refractivity contribution in [3.05, 3.63) is 0 Å². The van der Waals surface area contributed by atoms with Crippen molar-refractivity contribution in [3.8, 4) is 0 Å². The van der Waals surface area contributed by atoms with E-state index in [0.29, 0.717) is 18.3 Å². The zero-order chi connectivity index (χ0) is 12.0. The number of rotatable bonds is 8. The monoisotopic (exact) mass is 227 g/mol. The molecule has 0 aliphatic heterocycles. The number of nitrogens with zero attached hydrogens (tertiary/aromatic N) is 2. The Labute approximate surface area is 98.5 Å². The van der Waals surface area contributed by atoms with Crippen LogP contribution < -0.4 is 5.73 Å². The Hall–Kier alpha value is -0.770. The lowest BCUT2D eigenvalue weighted by molar-refractivity contribution is 0.180. The van der Waals surface area contributed by atoms with Crippen LogP contribution in [0.3, 0.4) is 0 Å². The van der Waals surface area contributed by atoms with Crippen molar-refractivity contribution in [3.63, 3.8) is 0 Å². The summed E-state index contributed by atoms with van der Waals surface area (Å²) in [5.74, 6) is 0.356. The van der Waals surface area contributed by atoms with Gasteiger partial charge in [-0.05, 0) is 32.2 Å². The van der Waals surface area contributed by atoms with E-state index in [2.05, 4.69) is 23.9 Å². The third-order valence-corrected chi connectivity index (χ3v) is 3.30. The van der Waals surface area contributed by atoms with Crippen LogP contribution >= 0.6 is 0 Å². The topological polar surface area (TPSA) is 61.8 Å². The molecular weight excluding hydrogens is 202 g/mol. The molecule has 16 heavy (non-hydrogen) atoms. The van der Waals surface area contributed by atoms with Gasteiger partial charge in [-0.25, -0.2) is 0 Å². The molecule has 1 rings (SSSR count). The van der Waals surface area contributed by atoms with Gasteiger partial charge < -0.3 is 10.9 Å². The van der Waals surface area contributed by atoms with Gasteiger partial charge in [0.2, 0.25) is 0 Å². The summed E-state index contributed by atoms with van der Waals surface area (Å²) in [6.45, 7) is 5.55. The maximum absolute atomic E-state index is 8.64. The smallest absolute Gasteiger partial charge is 0.140 e. The zero-order valence-electron chi connectivity index (χ0n) is 10.5. The largest absolute Gasteiger partial charge is 0.409 e. The van der Waals surface area contributed by atoms with E-state index in [4.69, 9.17) is 10.9 Å². The van der Waals surface area contributed by atoms with Crippen LogP contribution in [0.5, 0.6) is 0 Å². The molecular formula is C12H25N3O. The quantitative estimate of drug-likeness (QED) is 0.289. The van der Waals surface area contributed by atoms with Crippen LogP contribution in [0.4, 0.5) is 0 Å². The van der Waals surface area contributed by atoms with Crippen molar-refractivity contribution >= 4 is 5.84 Å². The van der Waals surface area contributed by atoms with E-state index < -0.39 is 0 Å². The lowest BCUT2D eigenvalue weighted by Crippen LogP contribution is -2.40. The summed E-state index contributed by atoms with van der Waals surface area (Å²) in [6.07, 6.45) is 6.85. The highest BCUT2D eigenvalue weighted by molar-refractivity contribution is 5.80. The Morgan fingerprint density at radius 3 is 2.62 bits per heavy atom. The maximum Gasteiger partial charge on any atom is 0.140 e. The minimum atomic E-state index is 0.356. The Bertz CT molecular complexity index is 226. The van der Waals surface area contributed by atoms with Gasteiger partial charge in [0.1, 0.15) is 5.84 Å². The van der Waals surface area contributed by atoms with Crippen LogP contribution in [-0.2, 0) is 0 Å². The molecule has 1 aliphatic carbocycles. The van der Waals surface area contributed by atoms with E-state index in [1.54, 1.807) is 0 Å². The Morgan fingerprint density at radius 1 is 1.50 bits per heavy atom. The molecule has 0 aromatic rings. The van der Waals surface area contributed by atoms with Gasteiger partial charge in [0, 0.05) is 18.5 Å². The Kier molecular flexibility index (Phi) is 5.60. The summed E-state index contributed by atoms with van der Waals surface area (Å²) < 4.78 is 0. The highest BCUT2D eigenvalue weighted by Crippen LogP contribution is 2.30. The van der Waals surface area contributed by atoms with Crippen molar-refractivity contribution in [2.45, 2.75) is 64.5 Å². The third-order valence-electron chi connectivity index (χ3n) is 3.30. The minimum Gasteiger partial charge on any atom is -0.409 e. The maximum atomic E-state index is 8.64. The summed E-state index contributed by atoms with van der Waals surface area (Å²) in [5, 5.41) is 11.7. The van der Waals surface area contributed by atoms with Crippen LogP contribution in [0.25, 0.3) is 0 Å². The number of unbranched alkanes of at least 4 members (excludes halogenated alkanes) is 1. The van der Waals surface area contributed by atoms with Crippen molar-refractivity contribution in [2.75, 3.05) is 6.54 Å². The van der Waals surface area contributed by atoms with Crippen LogP contribution in [0.1, 0.15) is 52.4 Å². The van der Waals surface area contributed by atoms with Crippen molar-refractivity contribution in [1.29, 1.82) is 0 Å². The van der Waals surface area contributed by atoms with E-state index in [9.17, 15) is 0 Å². The first kappa shape index (κ1) is 13.3. The first-order valence-corrected chi connectivity index (χ1v) is 6.45. The van der Waals surface area contributed by atoms with Gasteiger partial charge in [0.25, 0.3) is 0 Å². The van der Waals surface area contributed by atoms with Gasteiger partial charge >= 0.3 is 0 Å². The van der Waals surface area contributed by atoms with Gasteiger partial charge in [-0.15, -0.1) is 0 Å².